The van der Waals surface area contributed by atoms with E-state index >= 15 is 0 Å². The van der Waals surface area contributed by atoms with Crippen LogP contribution in [0.5, 0.6) is 0 Å². The molecule has 3 aromatic carbocycles. The first-order chi connectivity index (χ1) is 16.7. The largest absolute Gasteiger partial charge is 0.459 e. The number of sulfonamides is 1. The molecule has 0 spiro atoms. The van der Waals surface area contributed by atoms with Crippen molar-refractivity contribution in [1.82, 2.24) is 4.31 Å². The second-order valence-corrected chi connectivity index (χ2v) is 10.7. The van der Waals surface area contributed by atoms with E-state index in [9.17, 15) is 12.8 Å². The van der Waals surface area contributed by atoms with Crippen molar-refractivity contribution >= 4 is 56.7 Å². The molecule has 0 atom stereocenters. The third-order valence-corrected chi connectivity index (χ3v) is 7.79. The first kappa shape index (κ1) is 25.4. The minimum atomic E-state index is -3.93. The zero-order valence-corrected chi connectivity index (χ0v) is 21.1. The highest BCUT2D eigenvalue weighted by atomic mass is 35.5. The van der Waals surface area contributed by atoms with Gasteiger partial charge in [0.25, 0.3) is 0 Å². The lowest BCUT2D eigenvalue weighted by atomic mass is 10.2. The molecule has 4 aromatic rings. The zero-order valence-electron chi connectivity index (χ0n) is 18.0. The maximum absolute atomic E-state index is 13.8. The molecule has 0 saturated carbocycles. The van der Waals surface area contributed by atoms with Gasteiger partial charge in [0, 0.05) is 11.6 Å². The van der Waals surface area contributed by atoms with Gasteiger partial charge < -0.3 is 4.42 Å². The summed E-state index contributed by atoms with van der Waals surface area (Å²) in [6.07, 6.45) is 1.37. The fraction of sp³-hybridized carbons (Fsp3) is 0.0800. The van der Waals surface area contributed by atoms with Crippen molar-refractivity contribution in [3.8, 4) is 0 Å². The summed E-state index contributed by atoms with van der Waals surface area (Å²) < 4.78 is 47.8. The van der Waals surface area contributed by atoms with Crippen molar-refractivity contribution in [3.63, 3.8) is 0 Å². The molecule has 5 nitrogen and oxygen atoms in total. The molecular formula is C25H18Cl3FN2O3S. The van der Waals surface area contributed by atoms with Crippen LogP contribution >= 0.6 is 34.8 Å². The topological polar surface area (TPSA) is 62.9 Å². The van der Waals surface area contributed by atoms with Gasteiger partial charge in [-0.3, -0.25) is 0 Å². The summed E-state index contributed by atoms with van der Waals surface area (Å²) in [6.45, 7) is -0.0556. The number of nitrogens with zero attached hydrogens (tertiary/aromatic N) is 2. The molecule has 0 aliphatic carbocycles. The molecule has 180 valence electrons. The molecule has 0 amide bonds. The normalized spacial score (nSPS) is 12.0. The van der Waals surface area contributed by atoms with Gasteiger partial charge in [-0.15, -0.1) is 0 Å². The quantitative estimate of drug-likeness (QED) is 0.213. The molecule has 0 saturated heterocycles. The number of hydrogen-bond acceptors (Lipinski definition) is 4. The zero-order chi connectivity index (χ0) is 25.0. The van der Waals surface area contributed by atoms with Crippen molar-refractivity contribution in [3.05, 3.63) is 117 Å². The number of rotatable bonds is 8. The van der Waals surface area contributed by atoms with Crippen LogP contribution in [-0.2, 0) is 23.1 Å². The predicted molar refractivity (Wildman–Crippen MR) is 137 cm³/mol. The fourth-order valence-electron chi connectivity index (χ4n) is 3.24. The van der Waals surface area contributed by atoms with Gasteiger partial charge in [0.2, 0.25) is 10.0 Å². The van der Waals surface area contributed by atoms with Crippen molar-refractivity contribution < 1.29 is 17.2 Å². The molecule has 10 heteroatoms. The minimum Gasteiger partial charge on any atom is -0.459 e. The number of furan rings is 1. The summed E-state index contributed by atoms with van der Waals surface area (Å²) in [4.78, 5) is 4.17. The highest BCUT2D eigenvalue weighted by Gasteiger charge is 2.26. The molecule has 0 N–H and O–H groups in total. The van der Waals surface area contributed by atoms with Gasteiger partial charge in [-0.1, -0.05) is 53.0 Å². The molecule has 4 rings (SSSR count). The van der Waals surface area contributed by atoms with Crippen LogP contribution in [0.25, 0.3) is 0 Å². The van der Waals surface area contributed by atoms with E-state index < -0.39 is 15.8 Å². The molecule has 1 heterocycles. The van der Waals surface area contributed by atoms with Crippen LogP contribution in [0.2, 0.25) is 15.1 Å². The van der Waals surface area contributed by atoms with E-state index in [1.54, 1.807) is 42.5 Å². The Morgan fingerprint density at radius 2 is 1.63 bits per heavy atom. The van der Waals surface area contributed by atoms with Gasteiger partial charge in [-0.05, 0) is 66.2 Å². The van der Waals surface area contributed by atoms with E-state index in [1.165, 1.54) is 46.9 Å². The van der Waals surface area contributed by atoms with Crippen LogP contribution < -0.4 is 0 Å². The molecule has 0 aliphatic heterocycles. The molecule has 1 aromatic heterocycles. The lowest BCUT2D eigenvalue weighted by Gasteiger charge is -2.22. The van der Waals surface area contributed by atoms with Crippen LogP contribution in [0.1, 0.15) is 17.1 Å². The Hall–Kier alpha value is -2.68. The smallest absolute Gasteiger partial charge is 0.243 e. The number of halogens is 4. The summed E-state index contributed by atoms with van der Waals surface area (Å²) in [6, 6.07) is 20.2. The van der Waals surface area contributed by atoms with E-state index in [1.807, 2.05) is 0 Å². The van der Waals surface area contributed by atoms with Crippen molar-refractivity contribution in [2.45, 2.75) is 18.0 Å². The van der Waals surface area contributed by atoms with E-state index in [0.717, 1.165) is 0 Å². The summed E-state index contributed by atoms with van der Waals surface area (Å²) in [7, 11) is -3.93. The summed E-state index contributed by atoms with van der Waals surface area (Å²) in [5.74, 6) is 0.261. The van der Waals surface area contributed by atoms with Gasteiger partial charge >= 0.3 is 0 Å². The fourth-order valence-corrected chi connectivity index (χ4v) is 5.08. The first-order valence-corrected chi connectivity index (χ1v) is 12.9. The predicted octanol–water partition coefficient (Wildman–Crippen LogP) is 7.52. The van der Waals surface area contributed by atoms with Crippen LogP contribution in [0.4, 0.5) is 10.1 Å². The number of benzene rings is 3. The van der Waals surface area contributed by atoms with E-state index in [2.05, 4.69) is 4.99 Å². The number of hydrogen-bond donors (Lipinski definition) is 0. The Morgan fingerprint density at radius 1 is 0.886 bits per heavy atom. The average Bonchev–Trinajstić information content (AvgIpc) is 3.28. The molecule has 0 unspecified atom stereocenters. The first-order valence-electron chi connectivity index (χ1n) is 10.3. The van der Waals surface area contributed by atoms with Crippen molar-refractivity contribution in [2.75, 3.05) is 0 Å². The number of aliphatic imine (C=N–C) groups is 1. The van der Waals surface area contributed by atoms with Crippen LogP contribution in [0, 0.1) is 5.82 Å². The lowest BCUT2D eigenvalue weighted by molar-refractivity contribution is 0.357. The van der Waals surface area contributed by atoms with Gasteiger partial charge in [-0.25, -0.2) is 17.8 Å². The Bertz CT molecular complexity index is 1470. The Kier molecular flexibility index (Phi) is 7.94. The summed E-state index contributed by atoms with van der Waals surface area (Å²) >= 11 is 18.1. The van der Waals surface area contributed by atoms with Crippen LogP contribution in [-0.4, -0.2) is 18.9 Å². The third kappa shape index (κ3) is 6.31. The number of para-hydroxylation sites is 1. The van der Waals surface area contributed by atoms with Gasteiger partial charge in [0.05, 0.1) is 33.4 Å². The minimum absolute atomic E-state index is 0.0151. The Balaban J connectivity index is 1.62. The molecule has 0 radical (unpaired) electrons. The monoisotopic (exact) mass is 550 g/mol. The standard InChI is InChI=1S/C25H18Cl3FN2O3S/c26-18-6-10-21(11-7-18)35(32,33)31(15-17-5-12-22(27)23(28)13-17)16-20-9-8-19(34-20)14-30-25-4-2-1-3-24(25)29/h1-14H,15-16H2. The molecule has 0 bridgehead atoms. The van der Waals surface area contributed by atoms with Gasteiger partial charge in [0.1, 0.15) is 17.3 Å². The maximum atomic E-state index is 13.8. The lowest BCUT2D eigenvalue weighted by Crippen LogP contribution is -2.30. The third-order valence-electron chi connectivity index (χ3n) is 4.99. The van der Waals surface area contributed by atoms with E-state index in [0.29, 0.717) is 32.2 Å². The van der Waals surface area contributed by atoms with Gasteiger partial charge in [0.15, 0.2) is 0 Å². The van der Waals surface area contributed by atoms with Gasteiger partial charge in [-0.2, -0.15) is 4.31 Å². The second kappa shape index (κ2) is 10.9. The second-order valence-electron chi connectivity index (χ2n) is 7.49. The molecule has 35 heavy (non-hydrogen) atoms. The molecule has 0 fully saturated rings. The summed E-state index contributed by atoms with van der Waals surface area (Å²) in [5, 5.41) is 1.11. The summed E-state index contributed by atoms with van der Waals surface area (Å²) in [5.41, 5.74) is 0.807. The highest BCUT2D eigenvalue weighted by molar-refractivity contribution is 7.89. The molecule has 0 aliphatic rings. The van der Waals surface area contributed by atoms with Crippen molar-refractivity contribution in [2.24, 2.45) is 4.99 Å². The van der Waals surface area contributed by atoms with Crippen LogP contribution in [0.15, 0.2) is 93.2 Å². The van der Waals surface area contributed by atoms with Crippen LogP contribution in [0.3, 0.4) is 0 Å². The molecular weight excluding hydrogens is 534 g/mol. The highest BCUT2D eigenvalue weighted by Crippen LogP contribution is 2.27. The van der Waals surface area contributed by atoms with E-state index in [-0.39, 0.29) is 23.7 Å². The maximum Gasteiger partial charge on any atom is 0.243 e. The van der Waals surface area contributed by atoms with E-state index in [4.69, 9.17) is 39.2 Å². The SMILES string of the molecule is O=S(=O)(c1ccc(Cl)cc1)N(Cc1ccc(Cl)c(Cl)c1)Cc1ccc(C=Nc2ccccc2F)o1. The van der Waals surface area contributed by atoms with Crippen molar-refractivity contribution in [1.29, 1.82) is 0 Å². The Morgan fingerprint density at radius 3 is 2.34 bits per heavy atom. The Labute approximate surface area is 217 Å². The average molecular weight is 552 g/mol.